The molecule has 0 atom stereocenters. The molecule has 0 saturated carbocycles. The van der Waals surface area contributed by atoms with E-state index in [9.17, 15) is 4.79 Å². The van der Waals surface area contributed by atoms with Crippen LogP contribution in [-0.4, -0.2) is 84.2 Å². The van der Waals surface area contributed by atoms with Crippen LogP contribution in [-0.2, 0) is 24.2 Å². The molecule has 1 saturated heterocycles. The van der Waals surface area contributed by atoms with Gasteiger partial charge in [0.2, 0.25) is 0 Å². The quantitative estimate of drug-likeness (QED) is 0.505. The maximum absolute atomic E-state index is 13.4. The van der Waals surface area contributed by atoms with Gasteiger partial charge < -0.3 is 14.4 Å². The Morgan fingerprint density at radius 3 is 2.54 bits per heavy atom. The lowest BCUT2D eigenvalue weighted by atomic mass is 9.99. The molecule has 206 valence electrons. The highest BCUT2D eigenvalue weighted by molar-refractivity contribution is 5.94. The SMILES string of the molecule is CC(C)N1CCN(C(=O)c2ccc3c(c2)Cc2cccc(c2)CN(Cc2ccccn2)CCOCCO3)CC1. The number of fused-ring (bicyclic) bond motifs is 3. The van der Waals surface area contributed by atoms with Crippen LogP contribution in [0.5, 0.6) is 5.75 Å². The van der Waals surface area contributed by atoms with Gasteiger partial charge in [0.25, 0.3) is 5.91 Å². The number of aromatic nitrogens is 1. The highest BCUT2D eigenvalue weighted by Crippen LogP contribution is 2.26. The number of carbonyl (C=O) groups is 1. The van der Waals surface area contributed by atoms with Crippen LogP contribution in [0.2, 0.25) is 0 Å². The number of rotatable bonds is 4. The summed E-state index contributed by atoms with van der Waals surface area (Å²) in [6.45, 7) is 11.8. The Hall–Kier alpha value is -3.26. The summed E-state index contributed by atoms with van der Waals surface area (Å²) in [5.74, 6) is 0.918. The third-order valence-electron chi connectivity index (χ3n) is 7.58. The van der Waals surface area contributed by atoms with Crippen molar-refractivity contribution in [3.05, 3.63) is 94.8 Å². The van der Waals surface area contributed by atoms with Crippen molar-refractivity contribution >= 4 is 5.91 Å². The van der Waals surface area contributed by atoms with Gasteiger partial charge in [-0.05, 0) is 60.9 Å². The molecule has 0 unspecified atom stereocenters. The number of pyridine rings is 1. The second-order valence-corrected chi connectivity index (χ2v) is 10.7. The molecule has 2 aliphatic rings. The van der Waals surface area contributed by atoms with Crippen molar-refractivity contribution in [2.75, 3.05) is 52.5 Å². The van der Waals surface area contributed by atoms with E-state index in [-0.39, 0.29) is 5.91 Å². The summed E-state index contributed by atoms with van der Waals surface area (Å²) in [6, 6.07) is 21.2. The highest BCUT2D eigenvalue weighted by atomic mass is 16.5. The second-order valence-electron chi connectivity index (χ2n) is 10.7. The lowest BCUT2D eigenvalue weighted by Gasteiger charge is -2.37. The van der Waals surface area contributed by atoms with Crippen LogP contribution in [0, 0.1) is 0 Å². The molecule has 0 spiro atoms. The van der Waals surface area contributed by atoms with E-state index in [1.807, 2.05) is 41.4 Å². The van der Waals surface area contributed by atoms with Crippen molar-refractivity contribution in [2.45, 2.75) is 39.4 Å². The van der Waals surface area contributed by atoms with E-state index >= 15 is 0 Å². The summed E-state index contributed by atoms with van der Waals surface area (Å²) < 4.78 is 12.1. The minimum absolute atomic E-state index is 0.0999. The highest BCUT2D eigenvalue weighted by Gasteiger charge is 2.24. The number of piperazine rings is 1. The van der Waals surface area contributed by atoms with Crippen molar-refractivity contribution in [1.29, 1.82) is 0 Å². The molecule has 0 radical (unpaired) electrons. The minimum atomic E-state index is 0.0999. The summed E-state index contributed by atoms with van der Waals surface area (Å²) in [4.78, 5) is 24.7. The van der Waals surface area contributed by atoms with Gasteiger partial charge in [0.15, 0.2) is 0 Å². The standard InChI is InChI=1S/C32H40N4O3/c1-25(2)35-12-14-36(15-13-35)32(37)28-9-10-31-29(22-28)21-26-6-5-7-27(20-26)23-34(16-17-38-18-19-39-31)24-30-8-3-4-11-33-30/h3-11,20,22,25H,12-19,21,23-24H2,1-2H3. The van der Waals surface area contributed by atoms with E-state index in [4.69, 9.17) is 9.47 Å². The van der Waals surface area contributed by atoms with Gasteiger partial charge in [-0.1, -0.05) is 30.3 Å². The van der Waals surface area contributed by atoms with Gasteiger partial charge in [0.05, 0.1) is 18.9 Å². The van der Waals surface area contributed by atoms with Crippen LogP contribution >= 0.6 is 0 Å². The van der Waals surface area contributed by atoms with Gasteiger partial charge in [-0.15, -0.1) is 0 Å². The van der Waals surface area contributed by atoms with E-state index in [0.717, 1.165) is 68.4 Å². The number of ether oxygens (including phenoxy) is 2. The Kier molecular flexibility index (Phi) is 9.24. The Bertz CT molecular complexity index is 1230. The van der Waals surface area contributed by atoms with Crippen LogP contribution in [0.1, 0.15) is 46.6 Å². The minimum Gasteiger partial charge on any atom is -0.491 e. The van der Waals surface area contributed by atoms with E-state index in [0.29, 0.717) is 32.3 Å². The molecule has 7 heteroatoms. The van der Waals surface area contributed by atoms with Crippen molar-refractivity contribution in [3.63, 3.8) is 0 Å². The second kappa shape index (κ2) is 13.2. The van der Waals surface area contributed by atoms with Gasteiger partial charge in [0.1, 0.15) is 12.4 Å². The Morgan fingerprint density at radius 1 is 0.897 bits per heavy atom. The predicted octanol–water partition coefficient (Wildman–Crippen LogP) is 4.25. The van der Waals surface area contributed by atoms with E-state index in [1.54, 1.807) is 0 Å². The fourth-order valence-electron chi connectivity index (χ4n) is 5.37. The molecule has 2 aliphatic heterocycles. The Balaban J connectivity index is 1.35. The zero-order valence-corrected chi connectivity index (χ0v) is 23.2. The summed E-state index contributed by atoms with van der Waals surface area (Å²) in [6.07, 6.45) is 2.54. The molecule has 39 heavy (non-hydrogen) atoms. The van der Waals surface area contributed by atoms with Gasteiger partial charge in [-0.25, -0.2) is 0 Å². The molecular weight excluding hydrogens is 488 g/mol. The molecule has 0 aliphatic carbocycles. The fourth-order valence-corrected chi connectivity index (χ4v) is 5.37. The molecule has 7 nitrogen and oxygen atoms in total. The van der Waals surface area contributed by atoms with E-state index in [2.05, 4.69) is 59.0 Å². The van der Waals surface area contributed by atoms with Gasteiger partial charge in [-0.3, -0.25) is 19.6 Å². The monoisotopic (exact) mass is 528 g/mol. The Labute approximate surface area is 232 Å². The van der Waals surface area contributed by atoms with E-state index in [1.165, 1.54) is 11.1 Å². The summed E-state index contributed by atoms with van der Waals surface area (Å²) in [7, 11) is 0. The van der Waals surface area contributed by atoms with E-state index < -0.39 is 0 Å². The zero-order valence-electron chi connectivity index (χ0n) is 23.2. The zero-order chi connectivity index (χ0) is 27.0. The molecule has 3 aromatic rings. The largest absolute Gasteiger partial charge is 0.491 e. The number of hydrogen-bond acceptors (Lipinski definition) is 6. The summed E-state index contributed by atoms with van der Waals surface area (Å²) in [5.41, 5.74) is 5.26. The molecule has 1 amide bonds. The van der Waals surface area contributed by atoms with Crippen LogP contribution in [0.4, 0.5) is 0 Å². The van der Waals surface area contributed by atoms with Gasteiger partial charge in [0, 0.05) is 70.0 Å². The number of benzene rings is 2. The van der Waals surface area contributed by atoms with Gasteiger partial charge >= 0.3 is 0 Å². The average molecular weight is 529 g/mol. The van der Waals surface area contributed by atoms with Crippen molar-refractivity contribution in [2.24, 2.45) is 0 Å². The molecule has 5 rings (SSSR count). The summed E-state index contributed by atoms with van der Waals surface area (Å²) in [5, 5.41) is 0. The topological polar surface area (TPSA) is 58.1 Å². The predicted molar refractivity (Wildman–Crippen MR) is 153 cm³/mol. The van der Waals surface area contributed by atoms with Crippen LogP contribution in [0.25, 0.3) is 0 Å². The normalized spacial score (nSPS) is 17.8. The van der Waals surface area contributed by atoms with Gasteiger partial charge in [-0.2, -0.15) is 0 Å². The van der Waals surface area contributed by atoms with Crippen molar-refractivity contribution in [1.82, 2.24) is 19.7 Å². The Morgan fingerprint density at radius 2 is 1.74 bits per heavy atom. The van der Waals surface area contributed by atoms with Crippen molar-refractivity contribution < 1.29 is 14.3 Å². The third-order valence-corrected chi connectivity index (χ3v) is 7.58. The number of carbonyl (C=O) groups excluding carboxylic acids is 1. The van der Waals surface area contributed by atoms with Crippen molar-refractivity contribution in [3.8, 4) is 5.75 Å². The molecule has 1 aromatic heterocycles. The first-order valence-electron chi connectivity index (χ1n) is 14.1. The fraction of sp³-hybridized carbons (Fsp3) is 0.438. The summed E-state index contributed by atoms with van der Waals surface area (Å²) >= 11 is 0. The molecule has 0 N–H and O–H groups in total. The van der Waals surface area contributed by atoms with Crippen LogP contribution in [0.15, 0.2) is 66.9 Å². The third kappa shape index (κ3) is 7.44. The molecule has 1 fully saturated rings. The average Bonchev–Trinajstić information content (AvgIpc) is 2.95. The number of nitrogens with zero attached hydrogens (tertiary/aromatic N) is 4. The van der Waals surface area contributed by atoms with Crippen LogP contribution < -0.4 is 4.74 Å². The first-order valence-corrected chi connectivity index (χ1v) is 14.1. The maximum atomic E-state index is 13.4. The smallest absolute Gasteiger partial charge is 0.253 e. The lowest BCUT2D eigenvalue weighted by molar-refractivity contribution is 0.0595. The first kappa shape index (κ1) is 27.3. The molecule has 2 bridgehead atoms. The number of hydrogen-bond donors (Lipinski definition) is 0. The molecular formula is C32H40N4O3. The maximum Gasteiger partial charge on any atom is 0.253 e. The van der Waals surface area contributed by atoms with Crippen LogP contribution in [0.3, 0.4) is 0 Å². The molecule has 2 aromatic carbocycles. The number of amides is 1. The molecule has 3 heterocycles. The lowest BCUT2D eigenvalue weighted by Crippen LogP contribution is -2.50. The first-order chi connectivity index (χ1) is 19.0.